The van der Waals surface area contributed by atoms with E-state index in [1.54, 1.807) is 56.6 Å². The lowest BCUT2D eigenvalue weighted by molar-refractivity contribution is -0.115. The van der Waals surface area contributed by atoms with E-state index >= 15 is 0 Å². The average Bonchev–Trinajstić information content (AvgIpc) is 3.47. The zero-order chi connectivity index (χ0) is 36.0. The number of unbranched alkanes of at least 4 members (excludes halogenated alkanes) is 9. The van der Waals surface area contributed by atoms with Gasteiger partial charge >= 0.3 is 5.69 Å². The molecule has 0 aliphatic carbocycles. The molecule has 0 radical (unpaired) electrons. The number of carbonyl (C=O) groups excluding carboxylic acids is 3. The summed E-state index contributed by atoms with van der Waals surface area (Å²) in [5.74, 6) is -1.31. The van der Waals surface area contributed by atoms with Crippen LogP contribution in [0, 0.1) is 0 Å². The fraction of sp³-hybridized carbons (Fsp3) is 0.385. The molecule has 2 amide bonds. The van der Waals surface area contributed by atoms with Crippen LogP contribution < -0.4 is 15.7 Å². The van der Waals surface area contributed by atoms with Gasteiger partial charge in [-0.2, -0.15) is 0 Å². The maximum absolute atomic E-state index is 13.8. The number of alkyl halides is 1. The van der Waals surface area contributed by atoms with Gasteiger partial charge in [0, 0.05) is 31.3 Å². The molecule has 0 spiro atoms. The van der Waals surface area contributed by atoms with Gasteiger partial charge < -0.3 is 19.9 Å². The highest BCUT2D eigenvalue weighted by Crippen LogP contribution is 2.29. The van der Waals surface area contributed by atoms with Crippen LogP contribution in [0.25, 0.3) is 16.9 Å². The number of ketones is 1. The van der Waals surface area contributed by atoms with E-state index in [1.165, 1.54) is 79.0 Å². The number of amides is 2. The SMILES string of the molecule is CCCCCCCCCCCCOc1cccc(-n2c(-c3ccccc3)c(C(=O)C(Cl)C(=O)Nc3ccc(C(=O)N(C)C)cc3Cl)[nH]c2=O)c1. The Morgan fingerprint density at radius 2 is 1.52 bits per heavy atom. The van der Waals surface area contributed by atoms with Gasteiger partial charge in [0.15, 0.2) is 5.38 Å². The summed E-state index contributed by atoms with van der Waals surface area (Å²) >= 11 is 12.8. The normalized spacial score (nSPS) is 11.6. The van der Waals surface area contributed by atoms with Crippen LogP contribution in [-0.2, 0) is 4.79 Å². The zero-order valence-corrected chi connectivity index (χ0v) is 30.5. The molecule has 0 fully saturated rings. The zero-order valence-electron chi connectivity index (χ0n) is 29.0. The van der Waals surface area contributed by atoms with Crippen LogP contribution in [0.5, 0.6) is 5.75 Å². The second-order valence-corrected chi connectivity index (χ2v) is 13.3. The molecule has 1 heterocycles. The predicted molar refractivity (Wildman–Crippen MR) is 201 cm³/mol. The molecule has 0 bridgehead atoms. The highest BCUT2D eigenvalue weighted by atomic mass is 35.5. The third-order valence-electron chi connectivity index (χ3n) is 8.37. The first-order chi connectivity index (χ1) is 24.1. The number of hydrogen-bond donors (Lipinski definition) is 2. The molecule has 1 atom stereocenters. The number of benzene rings is 3. The van der Waals surface area contributed by atoms with Gasteiger partial charge in [0.05, 0.1) is 28.7 Å². The van der Waals surface area contributed by atoms with Crippen molar-refractivity contribution in [1.82, 2.24) is 14.5 Å². The lowest BCUT2D eigenvalue weighted by Crippen LogP contribution is -2.31. The molecule has 0 aliphatic rings. The summed E-state index contributed by atoms with van der Waals surface area (Å²) in [5.41, 5.74) is 1.12. The van der Waals surface area contributed by atoms with Crippen molar-refractivity contribution in [2.45, 2.75) is 76.5 Å². The van der Waals surface area contributed by atoms with Crippen molar-refractivity contribution in [2.24, 2.45) is 0 Å². The van der Waals surface area contributed by atoms with Crippen LogP contribution in [-0.4, -0.2) is 58.1 Å². The number of aromatic nitrogens is 2. The standard InChI is InChI=1S/C39H46Cl2N4O5/c1-4-5-6-7-8-9-10-11-12-16-24-50-30-21-17-20-29(26-30)45-35(27-18-14-13-15-19-27)34(43-39(45)49)36(46)33(41)37(47)42-32-23-22-28(25-31(32)40)38(48)44(2)3/h13-15,17-23,25-26,33H,4-12,16,24H2,1-3H3,(H,42,47)(H,43,49). The number of imidazole rings is 1. The van der Waals surface area contributed by atoms with Crippen molar-refractivity contribution >= 4 is 46.5 Å². The summed E-state index contributed by atoms with van der Waals surface area (Å²) in [5, 5.41) is 0.949. The van der Waals surface area contributed by atoms with Crippen molar-refractivity contribution in [3.63, 3.8) is 0 Å². The van der Waals surface area contributed by atoms with E-state index in [2.05, 4.69) is 17.2 Å². The third-order valence-corrected chi connectivity index (χ3v) is 9.08. The third kappa shape index (κ3) is 10.3. The number of H-pyrrole nitrogens is 1. The van der Waals surface area contributed by atoms with E-state index < -0.39 is 22.8 Å². The fourth-order valence-electron chi connectivity index (χ4n) is 5.67. The molecule has 9 nitrogen and oxygen atoms in total. The van der Waals surface area contributed by atoms with E-state index in [1.807, 2.05) is 12.1 Å². The smallest absolute Gasteiger partial charge is 0.331 e. The summed E-state index contributed by atoms with van der Waals surface area (Å²) in [4.78, 5) is 56.8. The summed E-state index contributed by atoms with van der Waals surface area (Å²) in [6, 6.07) is 20.4. The highest BCUT2D eigenvalue weighted by molar-refractivity contribution is 6.46. The number of aromatic amines is 1. The van der Waals surface area contributed by atoms with Crippen molar-refractivity contribution < 1.29 is 19.1 Å². The largest absolute Gasteiger partial charge is 0.494 e. The van der Waals surface area contributed by atoms with E-state index in [-0.39, 0.29) is 28.0 Å². The number of halogens is 2. The van der Waals surface area contributed by atoms with Crippen LogP contribution >= 0.6 is 23.2 Å². The van der Waals surface area contributed by atoms with Gasteiger partial charge in [-0.15, -0.1) is 11.6 Å². The molecular formula is C39H46Cl2N4O5. The lowest BCUT2D eigenvalue weighted by atomic mass is 10.1. The van der Waals surface area contributed by atoms with Crippen molar-refractivity contribution in [3.8, 4) is 22.7 Å². The van der Waals surface area contributed by atoms with Crippen LogP contribution in [0.2, 0.25) is 5.02 Å². The Hall–Kier alpha value is -4.34. The van der Waals surface area contributed by atoms with Gasteiger partial charge in [-0.25, -0.2) is 4.79 Å². The summed E-state index contributed by atoms with van der Waals surface area (Å²) in [6.07, 6.45) is 12.3. The maximum Gasteiger partial charge on any atom is 0.331 e. The van der Waals surface area contributed by atoms with Gasteiger partial charge in [0.2, 0.25) is 5.78 Å². The van der Waals surface area contributed by atoms with E-state index in [0.29, 0.717) is 29.2 Å². The highest BCUT2D eigenvalue weighted by Gasteiger charge is 2.32. The van der Waals surface area contributed by atoms with Crippen LogP contribution in [0.4, 0.5) is 5.69 Å². The molecule has 4 aromatic rings. The number of nitrogens with zero attached hydrogens (tertiary/aromatic N) is 2. The van der Waals surface area contributed by atoms with Crippen LogP contribution in [0.15, 0.2) is 77.6 Å². The lowest BCUT2D eigenvalue weighted by Gasteiger charge is -2.14. The molecule has 50 heavy (non-hydrogen) atoms. The molecular weight excluding hydrogens is 675 g/mol. The first-order valence-electron chi connectivity index (χ1n) is 17.3. The van der Waals surface area contributed by atoms with Crippen LogP contribution in [0.1, 0.15) is 92.0 Å². The van der Waals surface area contributed by atoms with Crippen molar-refractivity contribution in [2.75, 3.05) is 26.0 Å². The Balaban J connectivity index is 1.48. The summed E-state index contributed by atoms with van der Waals surface area (Å²) in [7, 11) is 3.22. The van der Waals surface area contributed by atoms with E-state index in [0.717, 1.165) is 12.8 Å². The molecule has 1 unspecified atom stereocenters. The molecule has 0 aliphatic heterocycles. The Kier molecular flexibility index (Phi) is 14.7. The Bertz CT molecular complexity index is 1800. The molecule has 0 saturated carbocycles. The molecule has 3 aromatic carbocycles. The topological polar surface area (TPSA) is 114 Å². The van der Waals surface area contributed by atoms with Gasteiger partial charge in [-0.3, -0.25) is 19.0 Å². The summed E-state index contributed by atoms with van der Waals surface area (Å²) < 4.78 is 7.43. The van der Waals surface area contributed by atoms with Crippen LogP contribution in [0.3, 0.4) is 0 Å². The Morgan fingerprint density at radius 1 is 0.860 bits per heavy atom. The number of rotatable bonds is 19. The minimum Gasteiger partial charge on any atom is -0.494 e. The van der Waals surface area contributed by atoms with Crippen molar-refractivity contribution in [1.29, 1.82) is 0 Å². The molecule has 0 saturated heterocycles. The number of Topliss-reactive ketones (excluding diaryl/α,β-unsaturated/α-hetero) is 1. The maximum atomic E-state index is 13.8. The molecule has 1 aromatic heterocycles. The fourth-order valence-corrected chi connectivity index (χ4v) is 6.06. The number of ether oxygens (including phenoxy) is 1. The molecule has 2 N–H and O–H groups in total. The molecule has 266 valence electrons. The van der Waals surface area contributed by atoms with Crippen molar-refractivity contribution in [3.05, 3.63) is 99.6 Å². The van der Waals surface area contributed by atoms with Gasteiger partial charge in [0.1, 0.15) is 11.4 Å². The van der Waals surface area contributed by atoms with Gasteiger partial charge in [-0.05, 0) is 36.8 Å². The first kappa shape index (κ1) is 38.5. The minimum absolute atomic E-state index is 0.0992. The monoisotopic (exact) mass is 720 g/mol. The number of carbonyl (C=O) groups is 3. The van der Waals surface area contributed by atoms with Gasteiger partial charge in [0.25, 0.3) is 11.8 Å². The quantitative estimate of drug-likeness (QED) is 0.0435. The van der Waals surface area contributed by atoms with E-state index in [4.69, 9.17) is 27.9 Å². The number of anilines is 1. The minimum atomic E-state index is -1.71. The number of nitrogens with one attached hydrogen (secondary N) is 2. The second kappa shape index (κ2) is 19.2. The Morgan fingerprint density at radius 3 is 2.16 bits per heavy atom. The first-order valence-corrected chi connectivity index (χ1v) is 18.1. The number of hydrogen-bond acceptors (Lipinski definition) is 5. The molecule has 11 heteroatoms. The average molecular weight is 722 g/mol. The second-order valence-electron chi connectivity index (χ2n) is 12.5. The summed E-state index contributed by atoms with van der Waals surface area (Å²) in [6.45, 7) is 2.79. The van der Waals surface area contributed by atoms with E-state index in [9.17, 15) is 19.2 Å². The molecule has 4 rings (SSSR count). The van der Waals surface area contributed by atoms with Gasteiger partial charge in [-0.1, -0.05) is 113 Å². The Labute approximate surface area is 303 Å². The predicted octanol–water partition coefficient (Wildman–Crippen LogP) is 8.92.